The predicted octanol–water partition coefficient (Wildman–Crippen LogP) is 9.58. The molecule has 0 saturated carbocycles. The summed E-state index contributed by atoms with van der Waals surface area (Å²) in [6.45, 7) is 20.5. The maximum absolute atomic E-state index is 14.4. The summed E-state index contributed by atoms with van der Waals surface area (Å²) in [6, 6.07) is 28.6. The predicted molar refractivity (Wildman–Crippen MR) is 273 cm³/mol. The van der Waals surface area contributed by atoms with E-state index in [1.165, 1.54) is 16.9 Å². The number of hydrogen-bond acceptors (Lipinski definition) is 9. The Morgan fingerprint density at radius 1 is 0.686 bits per heavy atom. The van der Waals surface area contributed by atoms with E-state index in [1.54, 1.807) is 54.0 Å². The lowest BCUT2D eigenvalue weighted by Crippen LogP contribution is -2.45. The molecule has 1 N–H and O–H groups in total. The molecule has 0 fully saturated rings. The maximum Gasteiger partial charge on any atom is 0.407 e. The number of aryl methyl sites for hydroxylation is 3. The van der Waals surface area contributed by atoms with Crippen molar-refractivity contribution in [2.24, 2.45) is 0 Å². The van der Waals surface area contributed by atoms with E-state index in [4.69, 9.17) is 4.74 Å². The summed E-state index contributed by atoms with van der Waals surface area (Å²) in [4.78, 5) is 17.8. The Kier molecular flexibility index (Phi) is 13.2. The number of sulfone groups is 1. The highest BCUT2D eigenvalue weighted by Gasteiger charge is 2.40. The Morgan fingerprint density at radius 3 is 1.80 bits per heavy atom. The first-order chi connectivity index (χ1) is 32.5. The van der Waals surface area contributed by atoms with Gasteiger partial charge in [-0.3, -0.25) is 0 Å². The molecule has 16 heteroatoms. The molecule has 0 saturated heterocycles. The Balaban J connectivity index is 1.07. The van der Waals surface area contributed by atoms with Crippen molar-refractivity contribution in [3.63, 3.8) is 0 Å². The number of alkyl carbamates (subject to hydrolysis) is 1. The van der Waals surface area contributed by atoms with Crippen LogP contribution in [0.25, 0.3) is 22.3 Å². The van der Waals surface area contributed by atoms with Crippen molar-refractivity contribution in [1.29, 1.82) is 0 Å². The van der Waals surface area contributed by atoms with E-state index in [1.807, 2.05) is 101 Å². The smallest absolute Gasteiger partial charge is 0.407 e. The zero-order valence-electron chi connectivity index (χ0n) is 41.8. The molecule has 0 aliphatic carbocycles. The number of nitrogens with one attached hydrogen (secondary N) is 1. The first-order valence-corrected chi connectivity index (χ1v) is 28.0. The number of carbonyl (C=O) groups is 1. The van der Waals surface area contributed by atoms with Crippen LogP contribution >= 0.6 is 0 Å². The van der Waals surface area contributed by atoms with E-state index in [9.17, 15) is 30.0 Å². The van der Waals surface area contributed by atoms with Crippen LogP contribution in [0.2, 0.25) is 0 Å². The number of ether oxygens (including phenoxy) is 1. The molecule has 0 spiro atoms. The molecule has 13 nitrogen and oxygen atoms in total. The fraction of sp³-hybridized carbons (Fsp3) is 0.370. The van der Waals surface area contributed by atoms with Gasteiger partial charge in [-0.05, 0) is 133 Å². The normalized spacial score (nSPS) is 16.3. The van der Waals surface area contributed by atoms with Crippen LogP contribution in [0.4, 0.5) is 4.79 Å². The summed E-state index contributed by atoms with van der Waals surface area (Å²) in [7, 11) is -11.2. The van der Waals surface area contributed by atoms with E-state index in [-0.39, 0.29) is 42.6 Å². The molecule has 0 radical (unpaired) electrons. The van der Waals surface area contributed by atoms with E-state index in [0.717, 1.165) is 72.3 Å². The van der Waals surface area contributed by atoms with Crippen LogP contribution in [0.15, 0.2) is 118 Å². The number of rotatable bonds is 11. The van der Waals surface area contributed by atoms with Crippen LogP contribution in [0.3, 0.4) is 0 Å². The number of sulfonamides is 2. The van der Waals surface area contributed by atoms with E-state index in [0.29, 0.717) is 11.4 Å². The molecular weight excluding hydrogens is 943 g/mol. The summed E-state index contributed by atoms with van der Waals surface area (Å²) < 4.78 is 92.2. The van der Waals surface area contributed by atoms with Crippen molar-refractivity contribution < 1.29 is 34.8 Å². The van der Waals surface area contributed by atoms with Crippen molar-refractivity contribution in [2.75, 3.05) is 19.3 Å². The minimum Gasteiger partial charge on any atom is -0.444 e. The molecule has 2 aliphatic rings. The lowest BCUT2D eigenvalue weighted by atomic mass is 9.78. The second kappa shape index (κ2) is 18.2. The van der Waals surface area contributed by atoms with Gasteiger partial charge in [0.05, 0.1) is 16.1 Å². The fourth-order valence-electron chi connectivity index (χ4n) is 10.1. The van der Waals surface area contributed by atoms with Gasteiger partial charge in [-0.2, -0.15) is 8.61 Å². The maximum atomic E-state index is 14.4. The third kappa shape index (κ3) is 10.5. The number of hydrogen-bond donors (Lipinski definition) is 1. The van der Waals surface area contributed by atoms with E-state index in [2.05, 4.69) is 30.2 Å². The number of amides is 1. The third-order valence-corrected chi connectivity index (χ3v) is 18.0. The SMILES string of the molecule is Cc1cc(C)c(S(=O)(=O)N2Cc3ccc(-c4cc(CNC(=O)OC(C)(C)C)cc(Cn5cnc(S(=O)(=O)N6Cc7ccc(-c8cccc(S(C)(=O)=O)c8)cc7C(C)(C)C6)c5)c4)cc3C(C)(C)C2)c(C)c1. The summed E-state index contributed by atoms with van der Waals surface area (Å²) in [5.74, 6) is 0. The number of aromatic nitrogens is 2. The molecule has 70 heavy (non-hydrogen) atoms. The number of imidazole rings is 1. The lowest BCUT2D eigenvalue weighted by Gasteiger charge is -2.40. The lowest BCUT2D eigenvalue weighted by molar-refractivity contribution is 0.0523. The van der Waals surface area contributed by atoms with Gasteiger partial charge in [0.1, 0.15) is 5.60 Å². The molecule has 0 bridgehead atoms. The van der Waals surface area contributed by atoms with Crippen LogP contribution in [0.5, 0.6) is 0 Å². The highest BCUT2D eigenvalue weighted by Crippen LogP contribution is 2.41. The molecule has 2 aliphatic heterocycles. The fourth-order valence-corrected chi connectivity index (χ4v) is 14.2. The average Bonchev–Trinajstić information content (AvgIpc) is 3.73. The topological polar surface area (TPSA) is 165 Å². The van der Waals surface area contributed by atoms with Crippen molar-refractivity contribution in [2.45, 2.75) is 127 Å². The van der Waals surface area contributed by atoms with Crippen LogP contribution in [-0.4, -0.2) is 74.5 Å². The summed E-state index contributed by atoms with van der Waals surface area (Å²) in [6.07, 6.45) is 3.68. The van der Waals surface area contributed by atoms with Crippen LogP contribution in [0, 0.1) is 20.8 Å². The van der Waals surface area contributed by atoms with Crippen LogP contribution in [-0.2, 0) is 71.6 Å². The quantitative estimate of drug-likeness (QED) is 0.133. The van der Waals surface area contributed by atoms with Crippen molar-refractivity contribution >= 4 is 36.0 Å². The standard InChI is InChI=1S/C54H63N5O8S3/c1-35-19-36(2)50(37(3)20-35)70(65,66)59-30-44-18-16-42(26-48(44)54(9,10)33-59)45-22-38(27-55-51(60)67-52(4,5)6)21-39(23-45)28-57-31-49(56-34-57)69(63,64)58-29-43-17-15-41(25-47(43)53(7,8)32-58)40-13-12-14-46(24-40)68(11,61)62/h12-26,31,34H,27-30,32-33H2,1-11H3,(H,55,60). The molecule has 1 aromatic heterocycles. The molecule has 5 aromatic carbocycles. The number of nitrogens with zero attached hydrogens (tertiary/aromatic N) is 4. The van der Waals surface area contributed by atoms with Crippen molar-refractivity contribution in [3.8, 4) is 22.3 Å². The second-order valence-corrected chi connectivity index (χ2v) is 27.1. The Hall–Kier alpha value is -5.65. The molecule has 370 valence electrons. The highest BCUT2D eigenvalue weighted by atomic mass is 32.2. The highest BCUT2D eigenvalue weighted by molar-refractivity contribution is 7.90. The summed E-state index contributed by atoms with van der Waals surface area (Å²) >= 11 is 0. The first-order valence-electron chi connectivity index (χ1n) is 23.3. The van der Waals surface area contributed by atoms with Gasteiger partial charge in [0.15, 0.2) is 14.9 Å². The molecular formula is C54H63N5O8S3. The van der Waals surface area contributed by atoms with E-state index >= 15 is 0 Å². The molecule has 0 unspecified atom stereocenters. The van der Waals surface area contributed by atoms with Crippen LogP contribution < -0.4 is 5.32 Å². The first kappa shape index (κ1) is 50.7. The monoisotopic (exact) mass is 1010 g/mol. The average molecular weight is 1010 g/mol. The van der Waals surface area contributed by atoms with Gasteiger partial charge in [0.25, 0.3) is 10.0 Å². The minimum absolute atomic E-state index is 0.0791. The second-order valence-electron chi connectivity index (χ2n) is 21.4. The van der Waals surface area contributed by atoms with Crippen LogP contribution in [0.1, 0.15) is 98.5 Å². The van der Waals surface area contributed by atoms with Gasteiger partial charge < -0.3 is 14.6 Å². The van der Waals surface area contributed by atoms with Gasteiger partial charge in [-0.15, -0.1) is 0 Å². The molecule has 0 atom stereocenters. The van der Waals surface area contributed by atoms with E-state index < -0.39 is 52.4 Å². The van der Waals surface area contributed by atoms with Gasteiger partial charge in [0.2, 0.25) is 10.0 Å². The third-order valence-electron chi connectivity index (χ3n) is 13.1. The summed E-state index contributed by atoms with van der Waals surface area (Å²) in [5.41, 5.74) is 9.49. The van der Waals surface area contributed by atoms with Crippen molar-refractivity contribution in [3.05, 3.63) is 154 Å². The minimum atomic E-state index is -4.05. The molecule has 6 aromatic rings. The Morgan fingerprint density at radius 2 is 1.23 bits per heavy atom. The van der Waals surface area contributed by atoms with Gasteiger partial charge in [0, 0.05) is 62.6 Å². The van der Waals surface area contributed by atoms with Crippen molar-refractivity contribution in [1.82, 2.24) is 23.5 Å². The molecule has 1 amide bonds. The number of carbonyl (C=O) groups excluding carboxylic acids is 1. The van der Waals surface area contributed by atoms with Gasteiger partial charge in [-0.1, -0.05) is 100.0 Å². The van der Waals surface area contributed by atoms with Gasteiger partial charge in [-0.25, -0.2) is 35.0 Å². The Bertz CT molecular complexity index is 3380. The summed E-state index contributed by atoms with van der Waals surface area (Å²) in [5, 5.41) is 2.80. The number of fused-ring (bicyclic) bond motifs is 2. The Labute approximate surface area is 413 Å². The largest absolute Gasteiger partial charge is 0.444 e. The zero-order chi connectivity index (χ0) is 50.9. The van der Waals surface area contributed by atoms with Gasteiger partial charge >= 0.3 is 6.09 Å². The zero-order valence-corrected chi connectivity index (χ0v) is 44.3. The molecule has 8 rings (SSSR count). The number of benzene rings is 5. The molecule has 3 heterocycles.